The number of carbonyl (C=O) groups excluding carboxylic acids is 1. The maximum Gasteiger partial charge on any atom is 0.164 e. The third-order valence-electron chi connectivity index (χ3n) is 8.82. The summed E-state index contributed by atoms with van der Waals surface area (Å²) >= 11 is 0. The highest BCUT2D eigenvalue weighted by atomic mass is 16.7. The van der Waals surface area contributed by atoms with Crippen molar-refractivity contribution in [2.24, 2.45) is 46.0 Å². The lowest BCUT2D eigenvalue weighted by molar-refractivity contribution is -0.294. The molecule has 5 rings (SSSR count). The minimum atomic E-state index is -1.49. The Balaban J connectivity index is 0.00000106. The van der Waals surface area contributed by atoms with Crippen LogP contribution in [0.2, 0.25) is 0 Å². The first-order valence-electron chi connectivity index (χ1n) is 11.2. The van der Waals surface area contributed by atoms with Gasteiger partial charge in [-0.05, 0) is 63.0 Å². The number of ketones is 1. The first-order chi connectivity index (χ1) is 13.9. The van der Waals surface area contributed by atoms with E-state index in [4.69, 9.17) is 15.2 Å². The number of aliphatic hydroxyl groups is 1. The zero-order valence-electron chi connectivity index (χ0n) is 19.4. The van der Waals surface area contributed by atoms with E-state index in [2.05, 4.69) is 32.6 Å². The Bertz CT molecular complexity index is 831. The van der Waals surface area contributed by atoms with Gasteiger partial charge in [-0.3, -0.25) is 4.79 Å². The van der Waals surface area contributed by atoms with E-state index in [-0.39, 0.29) is 23.0 Å². The number of fused-ring (bicyclic) bond motifs is 5. The molecule has 6 unspecified atom stereocenters. The normalized spacial score (nSPS) is 49.7. The van der Waals surface area contributed by atoms with Gasteiger partial charge >= 0.3 is 0 Å². The van der Waals surface area contributed by atoms with Gasteiger partial charge in [0.05, 0.1) is 18.1 Å². The number of rotatable bonds is 0. The summed E-state index contributed by atoms with van der Waals surface area (Å²) < 4.78 is 12.2. The second-order valence-corrected chi connectivity index (χ2v) is 11.0. The Labute approximate surface area is 180 Å². The van der Waals surface area contributed by atoms with E-state index in [1.54, 1.807) is 0 Å². The standard InChI is InChI=1S/C23H33NO4.CH5N/c1-11-9-22-12(2)7-15-16(20(15,3)4)14(18(22)25)8-13-10-27-21(5,6)28-19(13)23(22,26)17(11)24;1-2/h8-9,12,14-17,19,26H,7,10,24H2,1-6H3;2H2,1H3/t12-,14?,15?,16+,17?,19?,22?,23?;/m1./s1. The molecule has 0 radical (unpaired) electrons. The minimum absolute atomic E-state index is 0.00455. The molecule has 5 aliphatic rings. The van der Waals surface area contributed by atoms with Gasteiger partial charge in [0.25, 0.3) is 0 Å². The lowest BCUT2D eigenvalue weighted by atomic mass is 9.58. The van der Waals surface area contributed by atoms with E-state index in [1.807, 2.05) is 26.8 Å². The third kappa shape index (κ3) is 2.46. The highest BCUT2D eigenvalue weighted by Gasteiger charge is 2.76. The van der Waals surface area contributed by atoms with Crippen LogP contribution in [-0.2, 0) is 14.3 Å². The zero-order chi connectivity index (χ0) is 22.4. The predicted octanol–water partition coefficient (Wildman–Crippen LogP) is 2.15. The van der Waals surface area contributed by atoms with Crippen molar-refractivity contribution in [3.05, 3.63) is 23.3 Å². The van der Waals surface area contributed by atoms with Gasteiger partial charge in [0.15, 0.2) is 11.6 Å². The summed E-state index contributed by atoms with van der Waals surface area (Å²) in [4.78, 5) is 14.2. The van der Waals surface area contributed by atoms with Gasteiger partial charge in [-0.25, -0.2) is 0 Å². The van der Waals surface area contributed by atoms with Crippen LogP contribution in [0.3, 0.4) is 0 Å². The van der Waals surface area contributed by atoms with Crippen LogP contribution < -0.4 is 11.5 Å². The molecule has 0 aromatic carbocycles. The van der Waals surface area contributed by atoms with Gasteiger partial charge in [0, 0.05) is 5.92 Å². The average Bonchev–Trinajstić information content (AvgIpc) is 3.18. The number of ether oxygens (including phenoxy) is 2. The van der Waals surface area contributed by atoms with Crippen molar-refractivity contribution in [3.8, 4) is 0 Å². The topological polar surface area (TPSA) is 108 Å². The van der Waals surface area contributed by atoms with Crippen molar-refractivity contribution in [1.29, 1.82) is 0 Å². The summed E-state index contributed by atoms with van der Waals surface area (Å²) in [7, 11) is 1.50. The zero-order valence-corrected chi connectivity index (χ0v) is 19.4. The molecule has 1 heterocycles. The fraction of sp³-hybridized carbons (Fsp3) is 0.792. The lowest BCUT2D eigenvalue weighted by Crippen LogP contribution is -2.69. The SMILES string of the molecule is CC1=CC23C(=O)C(C=C4COC(C)(C)OC4C2(O)C1N)[C@H]1C(C[C@H]3C)C1(C)C.CN. The maximum atomic E-state index is 14.2. The molecule has 1 spiro atoms. The van der Waals surface area contributed by atoms with Crippen molar-refractivity contribution in [2.75, 3.05) is 13.7 Å². The third-order valence-corrected chi connectivity index (χ3v) is 8.82. The molecule has 8 atom stereocenters. The Morgan fingerprint density at radius 1 is 1.20 bits per heavy atom. The van der Waals surface area contributed by atoms with Gasteiger partial charge in [-0.15, -0.1) is 0 Å². The van der Waals surface area contributed by atoms with Gasteiger partial charge in [0.2, 0.25) is 0 Å². The molecule has 4 aliphatic carbocycles. The van der Waals surface area contributed by atoms with Crippen LogP contribution in [-0.4, -0.2) is 48.1 Å². The summed E-state index contributed by atoms with van der Waals surface area (Å²) in [5.41, 5.74) is 10.5. The highest BCUT2D eigenvalue weighted by molar-refractivity contribution is 5.95. The molecule has 168 valence electrons. The largest absolute Gasteiger partial charge is 0.383 e. The molecule has 5 N–H and O–H groups in total. The second-order valence-electron chi connectivity index (χ2n) is 11.0. The van der Waals surface area contributed by atoms with Crippen LogP contribution in [0.25, 0.3) is 0 Å². The first-order valence-corrected chi connectivity index (χ1v) is 11.2. The molecule has 1 saturated heterocycles. The Hall–Kier alpha value is -1.05. The molecular weight excluding hydrogens is 380 g/mol. The summed E-state index contributed by atoms with van der Waals surface area (Å²) in [5, 5.41) is 12.3. The first kappa shape index (κ1) is 22.2. The van der Waals surface area contributed by atoms with E-state index in [1.165, 1.54) is 7.05 Å². The van der Waals surface area contributed by atoms with Crippen molar-refractivity contribution >= 4 is 5.78 Å². The van der Waals surface area contributed by atoms with Gasteiger partial charge in [-0.1, -0.05) is 38.5 Å². The maximum absolute atomic E-state index is 14.2. The van der Waals surface area contributed by atoms with E-state index < -0.39 is 28.9 Å². The fourth-order valence-corrected chi connectivity index (χ4v) is 7.20. The summed E-state index contributed by atoms with van der Waals surface area (Å²) in [6.07, 6.45) is 4.35. The van der Waals surface area contributed by atoms with Crippen molar-refractivity contribution in [1.82, 2.24) is 0 Å². The molecule has 6 nitrogen and oxygen atoms in total. The molecule has 3 fully saturated rings. The van der Waals surface area contributed by atoms with E-state index >= 15 is 0 Å². The Kier molecular flexibility index (Phi) is 4.79. The van der Waals surface area contributed by atoms with Crippen LogP contribution in [0.15, 0.2) is 23.3 Å². The fourth-order valence-electron chi connectivity index (χ4n) is 7.20. The molecule has 0 aromatic rings. The molecule has 6 heteroatoms. The van der Waals surface area contributed by atoms with Crippen molar-refractivity contribution in [2.45, 2.75) is 71.5 Å². The Morgan fingerprint density at radius 3 is 2.47 bits per heavy atom. The molecule has 1 aliphatic heterocycles. The summed E-state index contributed by atoms with van der Waals surface area (Å²) in [6, 6.07) is -0.637. The minimum Gasteiger partial charge on any atom is -0.383 e. The van der Waals surface area contributed by atoms with Crippen LogP contribution in [0.4, 0.5) is 0 Å². The summed E-state index contributed by atoms with van der Waals surface area (Å²) in [5.74, 6) is -0.152. The number of nitrogens with two attached hydrogens (primary N) is 2. The van der Waals surface area contributed by atoms with E-state index in [0.717, 1.165) is 17.6 Å². The summed E-state index contributed by atoms with van der Waals surface area (Å²) in [6.45, 7) is 12.7. The van der Waals surface area contributed by atoms with Crippen LogP contribution in [0.1, 0.15) is 48.0 Å². The molecule has 0 amide bonds. The van der Waals surface area contributed by atoms with Crippen LogP contribution >= 0.6 is 0 Å². The number of allylic oxidation sites excluding steroid dienone is 1. The monoisotopic (exact) mass is 418 g/mol. The number of carbonyl (C=O) groups is 1. The number of Topliss-reactive ketones (excluding diaryl/α,β-unsaturated/α-hetero) is 1. The molecule has 2 saturated carbocycles. The number of hydrogen-bond donors (Lipinski definition) is 3. The van der Waals surface area contributed by atoms with Gasteiger partial charge in [0.1, 0.15) is 11.7 Å². The molecule has 2 bridgehead atoms. The highest BCUT2D eigenvalue weighted by Crippen LogP contribution is 2.71. The quantitative estimate of drug-likeness (QED) is 0.520. The Morgan fingerprint density at radius 2 is 1.83 bits per heavy atom. The second kappa shape index (κ2) is 6.48. The predicted molar refractivity (Wildman–Crippen MR) is 115 cm³/mol. The van der Waals surface area contributed by atoms with Crippen LogP contribution in [0, 0.1) is 34.5 Å². The lowest BCUT2D eigenvalue weighted by Gasteiger charge is -2.52. The van der Waals surface area contributed by atoms with Crippen molar-refractivity contribution in [3.63, 3.8) is 0 Å². The van der Waals surface area contributed by atoms with Gasteiger partial charge < -0.3 is 26.0 Å². The molecular formula is C24H38N2O4. The smallest absolute Gasteiger partial charge is 0.164 e. The van der Waals surface area contributed by atoms with Gasteiger partial charge in [-0.2, -0.15) is 0 Å². The van der Waals surface area contributed by atoms with Crippen molar-refractivity contribution < 1.29 is 19.4 Å². The van der Waals surface area contributed by atoms with E-state index in [0.29, 0.717) is 18.4 Å². The average molecular weight is 419 g/mol. The number of hydrogen-bond acceptors (Lipinski definition) is 6. The molecule has 30 heavy (non-hydrogen) atoms. The van der Waals surface area contributed by atoms with E-state index in [9.17, 15) is 9.90 Å². The van der Waals surface area contributed by atoms with Crippen LogP contribution in [0.5, 0.6) is 0 Å². The molecule has 0 aromatic heterocycles.